The maximum absolute atomic E-state index is 4.48. The molecule has 0 aliphatic carbocycles. The van der Waals surface area contributed by atoms with Crippen LogP contribution in [0, 0.1) is 0 Å². The summed E-state index contributed by atoms with van der Waals surface area (Å²) in [5.74, 6) is 0. The van der Waals surface area contributed by atoms with E-state index in [4.69, 9.17) is 0 Å². The lowest BCUT2D eigenvalue weighted by Crippen LogP contribution is -2.27. The van der Waals surface area contributed by atoms with Gasteiger partial charge in [-0.2, -0.15) is 5.10 Å². The lowest BCUT2D eigenvalue weighted by atomic mass is 10.1. The molecule has 2 aliphatic heterocycles. The molecule has 3 heteroatoms. The summed E-state index contributed by atoms with van der Waals surface area (Å²) in [7, 11) is 0. The van der Waals surface area contributed by atoms with Crippen LogP contribution in [0.15, 0.2) is 5.10 Å². The van der Waals surface area contributed by atoms with E-state index in [1.807, 2.05) is 0 Å². The van der Waals surface area contributed by atoms with Gasteiger partial charge in [0.05, 0.1) is 5.71 Å². The van der Waals surface area contributed by atoms with Crippen LogP contribution < -0.4 is 5.43 Å². The highest BCUT2D eigenvalue weighted by molar-refractivity contribution is 5.91. The Morgan fingerprint density at radius 3 is 3.31 bits per heavy atom. The van der Waals surface area contributed by atoms with Crippen molar-refractivity contribution in [2.45, 2.75) is 38.6 Å². The molecule has 3 nitrogen and oxygen atoms in total. The highest BCUT2D eigenvalue weighted by Crippen LogP contribution is 2.25. The van der Waals surface area contributed by atoms with Gasteiger partial charge < -0.3 is 5.43 Å². The Bertz CT molecular complexity index is 200. The third-order valence-corrected chi connectivity index (χ3v) is 2.99. The molecule has 0 spiro atoms. The van der Waals surface area contributed by atoms with Gasteiger partial charge in [0.25, 0.3) is 0 Å². The fourth-order valence-electron chi connectivity index (χ4n) is 2.30. The molecule has 2 heterocycles. The number of hydrogen-bond acceptors (Lipinski definition) is 3. The van der Waals surface area contributed by atoms with E-state index < -0.39 is 0 Å². The largest absolute Gasteiger partial charge is 0.310 e. The molecule has 2 aliphatic rings. The predicted octanol–water partition coefficient (Wildman–Crippen LogP) is 1.21. The van der Waals surface area contributed by atoms with E-state index >= 15 is 0 Å². The molecule has 1 unspecified atom stereocenters. The number of hydrazone groups is 1. The molecule has 0 radical (unpaired) electrons. The van der Waals surface area contributed by atoms with Gasteiger partial charge in [-0.25, -0.2) is 0 Å². The second-order valence-corrected chi connectivity index (χ2v) is 3.96. The minimum Gasteiger partial charge on any atom is -0.310 e. The van der Waals surface area contributed by atoms with Crippen molar-refractivity contribution in [2.24, 2.45) is 5.10 Å². The summed E-state index contributed by atoms with van der Waals surface area (Å²) in [4.78, 5) is 2.56. The van der Waals surface area contributed by atoms with E-state index in [1.54, 1.807) is 0 Å². The van der Waals surface area contributed by atoms with Crippen molar-refractivity contribution in [1.29, 1.82) is 0 Å². The highest BCUT2D eigenvalue weighted by Gasteiger charge is 2.33. The van der Waals surface area contributed by atoms with Crippen LogP contribution in [0.25, 0.3) is 0 Å². The van der Waals surface area contributed by atoms with Crippen LogP contribution in [0.1, 0.15) is 32.6 Å². The first-order valence-corrected chi connectivity index (χ1v) is 5.45. The smallest absolute Gasteiger partial charge is 0.0562 e. The van der Waals surface area contributed by atoms with Gasteiger partial charge >= 0.3 is 0 Å². The summed E-state index contributed by atoms with van der Waals surface area (Å²) in [6.45, 7) is 5.70. The minimum absolute atomic E-state index is 0.685. The van der Waals surface area contributed by atoms with Gasteiger partial charge in [-0.3, -0.25) is 4.90 Å². The number of rotatable bonds is 3. The topological polar surface area (TPSA) is 27.6 Å². The number of nitrogens with one attached hydrogen (secondary N) is 1. The third-order valence-electron chi connectivity index (χ3n) is 2.99. The molecule has 1 N–H and O–H groups in total. The van der Waals surface area contributed by atoms with Crippen LogP contribution >= 0.6 is 0 Å². The Balaban J connectivity index is 1.89. The van der Waals surface area contributed by atoms with E-state index in [9.17, 15) is 0 Å². The Morgan fingerprint density at radius 1 is 1.54 bits per heavy atom. The Labute approximate surface area is 80.2 Å². The molecule has 0 bridgehead atoms. The second-order valence-electron chi connectivity index (χ2n) is 3.96. The van der Waals surface area contributed by atoms with Crippen LogP contribution in [-0.2, 0) is 0 Å². The van der Waals surface area contributed by atoms with Crippen molar-refractivity contribution < 1.29 is 0 Å². The van der Waals surface area contributed by atoms with E-state index in [2.05, 4.69) is 22.4 Å². The van der Waals surface area contributed by atoms with Gasteiger partial charge in [-0.05, 0) is 25.8 Å². The molecule has 0 aromatic carbocycles. The molecule has 13 heavy (non-hydrogen) atoms. The molecule has 0 amide bonds. The van der Waals surface area contributed by atoms with Crippen molar-refractivity contribution in [3.05, 3.63) is 0 Å². The lowest BCUT2D eigenvalue weighted by Gasteiger charge is -2.13. The maximum Gasteiger partial charge on any atom is 0.0562 e. The minimum atomic E-state index is 0.685. The van der Waals surface area contributed by atoms with Crippen LogP contribution in [0.5, 0.6) is 0 Å². The van der Waals surface area contributed by atoms with E-state index in [1.165, 1.54) is 38.1 Å². The fourth-order valence-corrected chi connectivity index (χ4v) is 2.30. The number of nitrogens with zero attached hydrogens (tertiary/aromatic N) is 2. The molecule has 74 valence electrons. The maximum atomic E-state index is 4.48. The van der Waals surface area contributed by atoms with Crippen LogP contribution in [-0.4, -0.2) is 36.3 Å². The van der Waals surface area contributed by atoms with Crippen LogP contribution in [0.2, 0.25) is 0 Å². The van der Waals surface area contributed by atoms with Crippen LogP contribution in [0.3, 0.4) is 0 Å². The molecule has 2 saturated heterocycles. The average molecular weight is 181 g/mol. The Morgan fingerprint density at radius 2 is 2.46 bits per heavy atom. The average Bonchev–Trinajstić information content (AvgIpc) is 2.68. The summed E-state index contributed by atoms with van der Waals surface area (Å²) in [5.41, 5.74) is 4.55. The summed E-state index contributed by atoms with van der Waals surface area (Å²) < 4.78 is 0. The van der Waals surface area contributed by atoms with Crippen molar-refractivity contribution in [3.8, 4) is 0 Å². The molecule has 0 saturated carbocycles. The lowest BCUT2D eigenvalue weighted by molar-refractivity contribution is 0.345. The van der Waals surface area contributed by atoms with Gasteiger partial charge in [0.15, 0.2) is 0 Å². The van der Waals surface area contributed by atoms with Crippen molar-refractivity contribution in [2.75, 3.05) is 19.6 Å². The standard InChI is InChI=1S/C10H19N3/c1-2-6-11-12-9-5-8-13-7-3-4-10(9)13/h10-11H,2-8H2,1H3/b12-9-. The van der Waals surface area contributed by atoms with Gasteiger partial charge in [-0.1, -0.05) is 6.92 Å². The highest BCUT2D eigenvalue weighted by atomic mass is 15.3. The third kappa shape index (κ3) is 1.85. The Hall–Kier alpha value is -0.570. The summed E-state index contributed by atoms with van der Waals surface area (Å²) in [6, 6.07) is 0.685. The summed E-state index contributed by atoms with van der Waals surface area (Å²) >= 11 is 0. The van der Waals surface area contributed by atoms with E-state index in [0.29, 0.717) is 6.04 Å². The molecule has 1 atom stereocenters. The normalized spacial score (nSPS) is 31.2. The molecule has 2 rings (SSSR count). The number of fused-ring (bicyclic) bond motifs is 1. The predicted molar refractivity (Wildman–Crippen MR) is 54.9 cm³/mol. The molecule has 2 fully saturated rings. The van der Waals surface area contributed by atoms with Crippen LogP contribution in [0.4, 0.5) is 0 Å². The van der Waals surface area contributed by atoms with Gasteiger partial charge in [0, 0.05) is 25.6 Å². The molecular weight excluding hydrogens is 162 g/mol. The first-order valence-electron chi connectivity index (χ1n) is 5.45. The van der Waals surface area contributed by atoms with Gasteiger partial charge in [0.2, 0.25) is 0 Å². The Kier molecular flexibility index (Phi) is 2.83. The molecule has 0 aromatic rings. The first kappa shape index (κ1) is 9.00. The first-order chi connectivity index (χ1) is 6.42. The number of hydrogen-bond donors (Lipinski definition) is 1. The zero-order valence-electron chi connectivity index (χ0n) is 8.42. The monoisotopic (exact) mass is 181 g/mol. The van der Waals surface area contributed by atoms with E-state index in [0.717, 1.165) is 13.0 Å². The van der Waals surface area contributed by atoms with E-state index in [-0.39, 0.29) is 0 Å². The van der Waals surface area contributed by atoms with Crippen molar-refractivity contribution in [1.82, 2.24) is 10.3 Å². The zero-order chi connectivity index (χ0) is 9.10. The fraction of sp³-hybridized carbons (Fsp3) is 0.900. The zero-order valence-corrected chi connectivity index (χ0v) is 8.42. The SMILES string of the molecule is CCCN/N=C1/CCN2CCCC12. The molecular formula is C10H19N3. The van der Waals surface area contributed by atoms with Crippen molar-refractivity contribution >= 4 is 5.71 Å². The van der Waals surface area contributed by atoms with Crippen molar-refractivity contribution in [3.63, 3.8) is 0 Å². The summed E-state index contributed by atoms with van der Waals surface area (Å²) in [6.07, 6.45) is 5.02. The van der Waals surface area contributed by atoms with Gasteiger partial charge in [-0.15, -0.1) is 0 Å². The second kappa shape index (κ2) is 4.09. The molecule has 0 aromatic heterocycles. The quantitative estimate of drug-likeness (QED) is 0.523. The summed E-state index contributed by atoms with van der Waals surface area (Å²) in [5, 5.41) is 4.48. The van der Waals surface area contributed by atoms with Gasteiger partial charge in [0.1, 0.15) is 0 Å².